The Morgan fingerprint density at radius 1 is 1.27 bits per heavy atom. The quantitative estimate of drug-likeness (QED) is 0.493. The van der Waals surface area contributed by atoms with E-state index >= 15 is 0 Å². The molecule has 0 saturated carbocycles. The second-order valence-electron chi connectivity index (χ2n) is 4.99. The molecule has 1 aliphatic heterocycles. The van der Waals surface area contributed by atoms with Crippen LogP contribution in [0.1, 0.15) is 16.9 Å². The molecule has 22 heavy (non-hydrogen) atoms. The van der Waals surface area contributed by atoms with E-state index in [1.165, 1.54) is 17.7 Å². The van der Waals surface area contributed by atoms with E-state index in [2.05, 4.69) is 0 Å². The topological polar surface area (TPSA) is 63.4 Å². The van der Waals surface area contributed by atoms with Gasteiger partial charge in [-0.15, -0.1) is 0 Å². The Morgan fingerprint density at radius 2 is 2.09 bits per heavy atom. The van der Waals surface area contributed by atoms with Crippen LogP contribution in [0.25, 0.3) is 6.08 Å². The number of rotatable bonds is 3. The van der Waals surface area contributed by atoms with Crippen molar-refractivity contribution in [1.82, 2.24) is 0 Å². The zero-order chi connectivity index (χ0) is 15.5. The maximum absolute atomic E-state index is 12.4. The van der Waals surface area contributed by atoms with Gasteiger partial charge in [-0.25, -0.2) is 0 Å². The molecule has 0 fully saturated rings. The van der Waals surface area contributed by atoms with E-state index in [1.54, 1.807) is 17.0 Å². The smallest absolute Gasteiger partial charge is 0.309 e. The van der Waals surface area contributed by atoms with Crippen LogP contribution < -0.4 is 4.90 Å². The van der Waals surface area contributed by atoms with Crippen LogP contribution in [0.5, 0.6) is 0 Å². The molecule has 0 atom stereocenters. The van der Waals surface area contributed by atoms with Gasteiger partial charge in [-0.1, -0.05) is 29.5 Å². The SMILES string of the molecule is O=C(/C=C/c1ccc([N+](=O)[O-])s1)N1CCCc2ccccc21. The number of hydrogen-bond donors (Lipinski definition) is 0. The molecule has 2 heterocycles. The summed E-state index contributed by atoms with van der Waals surface area (Å²) in [6.45, 7) is 0.699. The molecule has 0 aliphatic carbocycles. The van der Waals surface area contributed by atoms with Crippen LogP contribution in [0.3, 0.4) is 0 Å². The Kier molecular flexibility index (Phi) is 4.02. The number of amides is 1. The minimum Gasteiger partial charge on any atom is -0.309 e. The molecular formula is C16H14N2O3S. The molecule has 0 radical (unpaired) electrons. The lowest BCUT2D eigenvalue weighted by atomic mass is 10.0. The Morgan fingerprint density at radius 3 is 2.86 bits per heavy atom. The standard InChI is InChI=1S/C16H14N2O3S/c19-15(9-7-13-8-10-16(22-13)18(20)21)17-11-3-5-12-4-1-2-6-14(12)17/h1-2,4,6-10H,3,5,11H2/b9-7+. The molecule has 0 bridgehead atoms. The number of thiophene rings is 1. The van der Waals surface area contributed by atoms with Crippen molar-refractivity contribution in [2.45, 2.75) is 12.8 Å². The molecule has 0 spiro atoms. The van der Waals surface area contributed by atoms with Gasteiger partial charge in [0, 0.05) is 29.3 Å². The molecule has 1 aromatic carbocycles. The van der Waals surface area contributed by atoms with Crippen molar-refractivity contribution in [2.75, 3.05) is 11.4 Å². The highest BCUT2D eigenvalue weighted by atomic mass is 32.1. The normalized spacial score (nSPS) is 14.1. The molecule has 0 unspecified atom stereocenters. The number of nitro groups is 1. The van der Waals surface area contributed by atoms with Crippen molar-refractivity contribution in [3.05, 3.63) is 63.0 Å². The van der Waals surface area contributed by atoms with E-state index in [1.807, 2.05) is 24.3 Å². The molecule has 6 heteroatoms. The molecule has 2 aromatic rings. The summed E-state index contributed by atoms with van der Waals surface area (Å²) in [7, 11) is 0. The molecule has 0 N–H and O–H groups in total. The Bertz CT molecular complexity index is 751. The number of hydrogen-bond acceptors (Lipinski definition) is 4. The van der Waals surface area contributed by atoms with Gasteiger partial charge in [-0.3, -0.25) is 14.9 Å². The maximum atomic E-state index is 12.4. The van der Waals surface area contributed by atoms with Gasteiger partial charge >= 0.3 is 5.00 Å². The lowest BCUT2D eigenvalue weighted by molar-refractivity contribution is -0.380. The van der Waals surface area contributed by atoms with Crippen molar-refractivity contribution in [3.63, 3.8) is 0 Å². The summed E-state index contributed by atoms with van der Waals surface area (Å²) in [6, 6.07) is 11.0. The van der Waals surface area contributed by atoms with Gasteiger partial charge < -0.3 is 4.90 Å². The van der Waals surface area contributed by atoms with Crippen LogP contribution >= 0.6 is 11.3 Å². The molecule has 5 nitrogen and oxygen atoms in total. The van der Waals surface area contributed by atoms with Crippen LogP contribution in [-0.2, 0) is 11.2 Å². The number of aryl methyl sites for hydroxylation is 1. The van der Waals surface area contributed by atoms with Crippen LogP contribution in [0.4, 0.5) is 10.7 Å². The largest absolute Gasteiger partial charge is 0.324 e. The average Bonchev–Trinajstić information content (AvgIpc) is 3.01. The minimum absolute atomic E-state index is 0.0791. The van der Waals surface area contributed by atoms with E-state index < -0.39 is 4.92 Å². The molecule has 1 aliphatic rings. The van der Waals surface area contributed by atoms with Crippen molar-refractivity contribution >= 4 is 34.0 Å². The number of nitrogens with zero attached hydrogens (tertiary/aromatic N) is 2. The molecule has 1 amide bonds. The second-order valence-corrected chi connectivity index (χ2v) is 6.08. The first-order chi connectivity index (χ1) is 10.6. The highest BCUT2D eigenvalue weighted by Gasteiger charge is 2.20. The van der Waals surface area contributed by atoms with E-state index in [0.717, 1.165) is 29.9 Å². The van der Waals surface area contributed by atoms with Crippen LogP contribution in [0, 0.1) is 10.1 Å². The van der Waals surface area contributed by atoms with Crippen molar-refractivity contribution in [1.29, 1.82) is 0 Å². The fourth-order valence-corrected chi connectivity index (χ4v) is 3.26. The summed E-state index contributed by atoms with van der Waals surface area (Å²) in [5.41, 5.74) is 2.14. The maximum Gasteiger partial charge on any atom is 0.324 e. The highest BCUT2D eigenvalue weighted by molar-refractivity contribution is 7.16. The van der Waals surface area contributed by atoms with E-state index in [-0.39, 0.29) is 10.9 Å². The summed E-state index contributed by atoms with van der Waals surface area (Å²) >= 11 is 1.06. The number of carbonyl (C=O) groups excluding carboxylic acids is 1. The zero-order valence-corrected chi connectivity index (χ0v) is 12.6. The predicted molar refractivity (Wildman–Crippen MR) is 87.1 cm³/mol. The highest BCUT2D eigenvalue weighted by Crippen LogP contribution is 2.28. The molecule has 1 aromatic heterocycles. The van der Waals surface area contributed by atoms with E-state index in [0.29, 0.717) is 11.4 Å². The van der Waals surface area contributed by atoms with Gasteiger partial charge in [0.15, 0.2) is 0 Å². The van der Waals surface area contributed by atoms with Crippen LogP contribution in [0.2, 0.25) is 0 Å². The van der Waals surface area contributed by atoms with E-state index in [4.69, 9.17) is 0 Å². The minimum atomic E-state index is -0.426. The number of carbonyl (C=O) groups is 1. The number of benzene rings is 1. The third kappa shape index (κ3) is 2.92. The zero-order valence-electron chi connectivity index (χ0n) is 11.8. The van der Waals surface area contributed by atoms with E-state index in [9.17, 15) is 14.9 Å². The Hall–Kier alpha value is -2.47. The first-order valence-corrected chi connectivity index (χ1v) is 7.78. The molecular weight excluding hydrogens is 300 g/mol. The van der Waals surface area contributed by atoms with Crippen LogP contribution in [0.15, 0.2) is 42.5 Å². The fraction of sp³-hybridized carbons (Fsp3) is 0.188. The summed E-state index contributed by atoms with van der Waals surface area (Å²) in [4.78, 5) is 25.1. The molecule has 3 rings (SSSR count). The first-order valence-electron chi connectivity index (χ1n) is 6.97. The number of anilines is 1. The van der Waals surface area contributed by atoms with Gasteiger partial charge in [-0.2, -0.15) is 0 Å². The Balaban J connectivity index is 1.77. The Labute approximate surface area is 131 Å². The van der Waals surface area contributed by atoms with Gasteiger partial charge in [0.05, 0.1) is 4.92 Å². The van der Waals surface area contributed by atoms with Crippen LogP contribution in [-0.4, -0.2) is 17.4 Å². The summed E-state index contributed by atoms with van der Waals surface area (Å²) in [5.74, 6) is -0.0943. The third-order valence-electron chi connectivity index (χ3n) is 3.56. The fourth-order valence-electron chi connectivity index (χ4n) is 2.54. The van der Waals surface area contributed by atoms with Gasteiger partial charge in [0.1, 0.15) is 0 Å². The van der Waals surface area contributed by atoms with Gasteiger partial charge in [-0.05, 0) is 36.6 Å². The molecule has 112 valence electrons. The summed E-state index contributed by atoms with van der Waals surface area (Å²) < 4.78 is 0. The van der Waals surface area contributed by atoms with Gasteiger partial charge in [0.25, 0.3) is 5.91 Å². The van der Waals surface area contributed by atoms with Crippen molar-refractivity contribution in [2.24, 2.45) is 0 Å². The monoisotopic (exact) mass is 314 g/mol. The van der Waals surface area contributed by atoms with Crippen molar-refractivity contribution in [3.8, 4) is 0 Å². The second kappa shape index (κ2) is 6.11. The van der Waals surface area contributed by atoms with Gasteiger partial charge in [0.2, 0.25) is 0 Å². The summed E-state index contributed by atoms with van der Waals surface area (Å²) in [5, 5.41) is 10.7. The first kappa shape index (κ1) is 14.5. The third-order valence-corrected chi connectivity index (χ3v) is 4.56. The number of fused-ring (bicyclic) bond motifs is 1. The average molecular weight is 314 g/mol. The predicted octanol–water partition coefficient (Wildman–Crippen LogP) is 3.65. The molecule has 0 saturated heterocycles. The number of para-hydroxylation sites is 1. The van der Waals surface area contributed by atoms with Crippen molar-refractivity contribution < 1.29 is 9.72 Å². The lowest BCUT2D eigenvalue weighted by Gasteiger charge is -2.28. The summed E-state index contributed by atoms with van der Waals surface area (Å²) in [6.07, 6.45) is 5.05. The lowest BCUT2D eigenvalue weighted by Crippen LogP contribution is -2.34.